The maximum Gasteiger partial charge on any atom is 0.143 e. The van der Waals surface area contributed by atoms with E-state index in [9.17, 15) is 0 Å². The van der Waals surface area contributed by atoms with E-state index in [1.165, 1.54) is 16.7 Å². The van der Waals surface area contributed by atoms with E-state index >= 15 is 0 Å². The zero-order chi connectivity index (χ0) is 33.7. The first-order valence-electron chi connectivity index (χ1n) is 17.2. The van der Waals surface area contributed by atoms with Crippen molar-refractivity contribution in [3.05, 3.63) is 182 Å². The smallest absolute Gasteiger partial charge is 0.143 e. The molecule has 0 saturated carbocycles. The Bertz CT molecular complexity index is 2910. The van der Waals surface area contributed by atoms with Crippen LogP contribution in [0.2, 0.25) is 0 Å². The molecule has 0 amide bonds. The van der Waals surface area contributed by atoms with Crippen LogP contribution in [0.25, 0.3) is 99.6 Å². The number of para-hydroxylation sites is 2. The van der Waals surface area contributed by atoms with Crippen LogP contribution in [0.5, 0.6) is 0 Å². The SMILES string of the molecule is c1ccc(-c2cccc(-c3cccc(-c4ccc5ccc6ccc(-c7ccc(-c8cccc9c8oc8ccccc89)cc7)nc6c5n4)c3)c2)cc1. The molecule has 0 bridgehead atoms. The number of furan rings is 1. The van der Waals surface area contributed by atoms with Crippen molar-refractivity contribution in [2.24, 2.45) is 0 Å². The van der Waals surface area contributed by atoms with Crippen molar-refractivity contribution in [3.63, 3.8) is 0 Å². The summed E-state index contributed by atoms with van der Waals surface area (Å²) in [5, 5.41) is 4.40. The van der Waals surface area contributed by atoms with Gasteiger partial charge in [-0.05, 0) is 58.1 Å². The lowest BCUT2D eigenvalue weighted by molar-refractivity contribution is 0.670. The van der Waals surface area contributed by atoms with Gasteiger partial charge in [-0.2, -0.15) is 0 Å². The molecule has 7 aromatic carbocycles. The van der Waals surface area contributed by atoms with Gasteiger partial charge in [0.2, 0.25) is 0 Å². The predicted octanol–water partition coefficient (Wildman–Crippen LogP) is 13.0. The average molecular weight is 651 g/mol. The second-order valence-corrected chi connectivity index (χ2v) is 13.0. The number of hydrogen-bond donors (Lipinski definition) is 0. The largest absolute Gasteiger partial charge is 0.455 e. The number of fused-ring (bicyclic) bond motifs is 6. The first-order valence-corrected chi connectivity index (χ1v) is 17.2. The Morgan fingerprint density at radius 2 is 0.843 bits per heavy atom. The minimum Gasteiger partial charge on any atom is -0.455 e. The minimum atomic E-state index is 0.898. The second-order valence-electron chi connectivity index (χ2n) is 13.0. The summed E-state index contributed by atoms with van der Waals surface area (Å²) in [6, 6.07) is 63.8. The van der Waals surface area contributed by atoms with Crippen LogP contribution in [0.3, 0.4) is 0 Å². The van der Waals surface area contributed by atoms with E-state index in [4.69, 9.17) is 14.4 Å². The minimum absolute atomic E-state index is 0.898. The molecule has 0 fully saturated rings. The first-order chi connectivity index (χ1) is 25.2. The zero-order valence-corrected chi connectivity index (χ0v) is 27.6. The van der Waals surface area contributed by atoms with Gasteiger partial charge >= 0.3 is 0 Å². The Balaban J connectivity index is 1.01. The highest BCUT2D eigenvalue weighted by atomic mass is 16.3. The van der Waals surface area contributed by atoms with Crippen LogP contribution in [0.15, 0.2) is 186 Å². The Morgan fingerprint density at radius 3 is 1.57 bits per heavy atom. The lowest BCUT2D eigenvalue weighted by atomic mass is 9.97. The highest BCUT2D eigenvalue weighted by Crippen LogP contribution is 2.37. The van der Waals surface area contributed by atoms with Crippen molar-refractivity contribution in [1.82, 2.24) is 9.97 Å². The zero-order valence-electron chi connectivity index (χ0n) is 27.6. The predicted molar refractivity (Wildman–Crippen MR) is 212 cm³/mol. The summed E-state index contributed by atoms with van der Waals surface area (Å²) in [6.07, 6.45) is 0. The topological polar surface area (TPSA) is 38.9 Å². The molecule has 10 aromatic rings. The summed E-state index contributed by atoms with van der Waals surface area (Å²) < 4.78 is 6.31. The Hall–Kier alpha value is -6.84. The van der Waals surface area contributed by atoms with Crippen molar-refractivity contribution in [3.8, 4) is 55.9 Å². The van der Waals surface area contributed by atoms with E-state index in [0.29, 0.717) is 0 Å². The van der Waals surface area contributed by atoms with Crippen molar-refractivity contribution >= 4 is 43.7 Å². The van der Waals surface area contributed by atoms with Gasteiger partial charge in [0.15, 0.2) is 0 Å². The third-order valence-electron chi connectivity index (χ3n) is 9.88. The van der Waals surface area contributed by atoms with Crippen LogP contribution in [0, 0.1) is 0 Å². The Labute approximate surface area is 295 Å². The lowest BCUT2D eigenvalue weighted by Gasteiger charge is -2.10. The van der Waals surface area contributed by atoms with Gasteiger partial charge in [-0.3, -0.25) is 0 Å². The molecule has 3 aromatic heterocycles. The normalized spacial score (nSPS) is 11.5. The molecule has 0 atom stereocenters. The van der Waals surface area contributed by atoms with Gasteiger partial charge in [-0.15, -0.1) is 0 Å². The summed E-state index contributed by atoms with van der Waals surface area (Å²) >= 11 is 0. The van der Waals surface area contributed by atoms with Crippen LogP contribution in [-0.4, -0.2) is 9.97 Å². The molecule has 238 valence electrons. The van der Waals surface area contributed by atoms with E-state index in [1.807, 2.05) is 12.1 Å². The Morgan fingerprint density at radius 1 is 0.333 bits per heavy atom. The van der Waals surface area contributed by atoms with Crippen molar-refractivity contribution in [2.45, 2.75) is 0 Å². The maximum atomic E-state index is 6.31. The molecule has 0 aliphatic carbocycles. The van der Waals surface area contributed by atoms with Crippen LogP contribution < -0.4 is 0 Å². The van der Waals surface area contributed by atoms with Gasteiger partial charge in [0.25, 0.3) is 0 Å². The van der Waals surface area contributed by atoms with E-state index < -0.39 is 0 Å². The third-order valence-corrected chi connectivity index (χ3v) is 9.88. The summed E-state index contributed by atoms with van der Waals surface area (Å²) in [6.45, 7) is 0. The summed E-state index contributed by atoms with van der Waals surface area (Å²) in [5.41, 5.74) is 14.5. The van der Waals surface area contributed by atoms with Crippen molar-refractivity contribution < 1.29 is 4.42 Å². The van der Waals surface area contributed by atoms with Crippen LogP contribution in [0.4, 0.5) is 0 Å². The van der Waals surface area contributed by atoms with E-state index in [0.717, 1.165) is 82.9 Å². The molecule has 0 saturated heterocycles. The fraction of sp³-hybridized carbons (Fsp3) is 0. The first kappa shape index (κ1) is 29.1. The van der Waals surface area contributed by atoms with Crippen LogP contribution in [-0.2, 0) is 0 Å². The van der Waals surface area contributed by atoms with Crippen molar-refractivity contribution in [1.29, 1.82) is 0 Å². The highest BCUT2D eigenvalue weighted by Gasteiger charge is 2.13. The van der Waals surface area contributed by atoms with Gasteiger partial charge in [0.05, 0.1) is 22.4 Å². The summed E-state index contributed by atoms with van der Waals surface area (Å²) in [4.78, 5) is 10.4. The van der Waals surface area contributed by atoms with Gasteiger partial charge < -0.3 is 4.42 Å². The standard InChI is InChI=1S/C48H30N2O/c1-2-9-31(10-3-1)36-11-6-12-37(29-36)38-13-7-14-39(30-38)44-28-26-35-24-23-34-25-27-43(49-46(34)47(35)50-44)33-21-19-32(20-22-33)40-16-8-17-42-41-15-4-5-18-45(41)51-48(40)42/h1-30H. The number of nitrogens with zero attached hydrogens (tertiary/aromatic N) is 2. The van der Waals surface area contributed by atoms with Gasteiger partial charge in [0, 0.05) is 38.2 Å². The molecular weight excluding hydrogens is 621 g/mol. The molecule has 0 radical (unpaired) electrons. The summed E-state index contributed by atoms with van der Waals surface area (Å²) in [5.74, 6) is 0. The maximum absolute atomic E-state index is 6.31. The molecule has 0 unspecified atom stereocenters. The molecule has 0 aliphatic heterocycles. The molecule has 10 rings (SSSR count). The van der Waals surface area contributed by atoms with Crippen LogP contribution in [0.1, 0.15) is 0 Å². The molecule has 0 N–H and O–H groups in total. The monoisotopic (exact) mass is 650 g/mol. The fourth-order valence-corrected chi connectivity index (χ4v) is 7.25. The van der Waals surface area contributed by atoms with E-state index in [2.05, 4.69) is 170 Å². The second kappa shape index (κ2) is 11.9. The third kappa shape index (κ3) is 5.15. The number of aromatic nitrogens is 2. The van der Waals surface area contributed by atoms with Gasteiger partial charge in [-0.25, -0.2) is 9.97 Å². The number of hydrogen-bond acceptors (Lipinski definition) is 3. The number of pyridine rings is 2. The van der Waals surface area contributed by atoms with E-state index in [-0.39, 0.29) is 0 Å². The van der Waals surface area contributed by atoms with Gasteiger partial charge in [0.1, 0.15) is 11.2 Å². The van der Waals surface area contributed by atoms with Crippen molar-refractivity contribution in [2.75, 3.05) is 0 Å². The fourth-order valence-electron chi connectivity index (χ4n) is 7.25. The molecule has 0 aliphatic rings. The molecule has 51 heavy (non-hydrogen) atoms. The molecule has 3 heteroatoms. The Kier molecular flexibility index (Phi) is 6.81. The molecule has 3 heterocycles. The summed E-state index contributed by atoms with van der Waals surface area (Å²) in [7, 11) is 0. The number of rotatable bonds is 5. The number of benzene rings is 7. The molecular formula is C48H30N2O. The lowest BCUT2D eigenvalue weighted by Crippen LogP contribution is -1.91. The highest BCUT2D eigenvalue weighted by molar-refractivity contribution is 6.09. The van der Waals surface area contributed by atoms with E-state index in [1.54, 1.807) is 0 Å². The molecule has 0 spiro atoms. The molecule has 3 nitrogen and oxygen atoms in total. The van der Waals surface area contributed by atoms with Gasteiger partial charge in [-0.1, -0.05) is 152 Å². The average Bonchev–Trinajstić information content (AvgIpc) is 3.60. The van der Waals surface area contributed by atoms with Crippen LogP contribution >= 0.6 is 0 Å². The quantitative estimate of drug-likeness (QED) is 0.174.